The summed E-state index contributed by atoms with van der Waals surface area (Å²) in [6.45, 7) is 1.78. The zero-order chi connectivity index (χ0) is 20.7. The van der Waals surface area contributed by atoms with Crippen LogP contribution in [-0.4, -0.2) is 38.4 Å². The van der Waals surface area contributed by atoms with Crippen LogP contribution < -0.4 is 5.56 Å². The van der Waals surface area contributed by atoms with E-state index >= 15 is 0 Å². The maximum absolute atomic E-state index is 13.3. The number of hydrogen-bond acceptors (Lipinski definition) is 5. The molecule has 0 unspecified atom stereocenters. The van der Waals surface area contributed by atoms with Crippen LogP contribution in [0.1, 0.15) is 34.0 Å². The number of aromatic nitrogens is 3. The Morgan fingerprint density at radius 1 is 1.10 bits per heavy atom. The molecule has 7 nitrogen and oxygen atoms in total. The summed E-state index contributed by atoms with van der Waals surface area (Å²) in [7, 11) is 0. The van der Waals surface area contributed by atoms with E-state index in [1.165, 1.54) is 6.33 Å². The predicted octanol–water partition coefficient (Wildman–Crippen LogP) is 2.44. The second-order valence-corrected chi connectivity index (χ2v) is 7.92. The molecule has 0 radical (unpaired) electrons. The fourth-order valence-corrected chi connectivity index (χ4v) is 4.68. The molecule has 148 valence electrons. The number of pyridine rings is 1. The number of hydrogen-bond donors (Lipinski definition) is 0. The summed E-state index contributed by atoms with van der Waals surface area (Å²) in [5, 5.41) is 9.16. The molecular weight excluding hydrogens is 378 g/mol. The van der Waals surface area contributed by atoms with Gasteiger partial charge in [-0.1, -0.05) is 12.1 Å². The zero-order valence-corrected chi connectivity index (χ0v) is 16.2. The van der Waals surface area contributed by atoms with Crippen molar-refractivity contribution >= 4 is 5.91 Å². The zero-order valence-electron chi connectivity index (χ0n) is 16.2. The van der Waals surface area contributed by atoms with Crippen molar-refractivity contribution in [3.8, 4) is 17.2 Å². The van der Waals surface area contributed by atoms with Gasteiger partial charge in [0.05, 0.1) is 17.2 Å². The highest BCUT2D eigenvalue weighted by Gasteiger charge is 2.37. The van der Waals surface area contributed by atoms with Crippen molar-refractivity contribution in [3.63, 3.8) is 0 Å². The number of likely N-dealkylation sites (tertiary alicyclic amines) is 1. The van der Waals surface area contributed by atoms with Crippen molar-refractivity contribution in [3.05, 3.63) is 82.3 Å². The van der Waals surface area contributed by atoms with E-state index in [0.717, 1.165) is 17.7 Å². The second-order valence-electron chi connectivity index (χ2n) is 7.92. The molecule has 0 N–H and O–H groups in total. The molecule has 2 bridgehead atoms. The van der Waals surface area contributed by atoms with Crippen molar-refractivity contribution in [1.82, 2.24) is 19.4 Å². The minimum Gasteiger partial charge on any atom is -0.338 e. The molecule has 2 atom stereocenters. The number of benzene rings is 1. The average molecular weight is 397 g/mol. The monoisotopic (exact) mass is 397 g/mol. The molecule has 2 aromatic heterocycles. The van der Waals surface area contributed by atoms with Gasteiger partial charge in [-0.2, -0.15) is 5.26 Å². The van der Waals surface area contributed by atoms with E-state index < -0.39 is 0 Å². The van der Waals surface area contributed by atoms with E-state index in [0.29, 0.717) is 36.3 Å². The standard InChI is InChI=1S/C23H19N5O2/c24-8-15-2-1-3-17(6-15)20-4-5-21-18-7-16(12-28(21)23(20)30)11-27(13-18)22(29)19-9-25-14-26-10-19/h1-6,9-10,14,16,18H,7,11-13H2/t16-,18-/m1/s1. The molecular formula is C23H19N5O2. The quantitative estimate of drug-likeness (QED) is 0.662. The van der Waals surface area contributed by atoms with E-state index in [-0.39, 0.29) is 23.3 Å². The summed E-state index contributed by atoms with van der Waals surface area (Å²) in [6.07, 6.45) is 5.46. The van der Waals surface area contributed by atoms with Crippen LogP contribution in [0.3, 0.4) is 0 Å². The SMILES string of the molecule is N#Cc1cccc(-c2ccc3n(c2=O)C[C@@H]2C[C@@H]3CN(C(=O)c3cncnc3)C2)c1. The Bertz CT molecular complexity index is 1230. The molecule has 1 amide bonds. The van der Waals surface area contributed by atoms with Gasteiger partial charge in [-0.25, -0.2) is 9.97 Å². The lowest BCUT2D eigenvalue weighted by Crippen LogP contribution is -2.49. The Labute approximate surface area is 173 Å². The summed E-state index contributed by atoms with van der Waals surface area (Å²) in [5.74, 6) is 0.285. The molecule has 0 aliphatic carbocycles. The van der Waals surface area contributed by atoms with Crippen molar-refractivity contribution < 1.29 is 4.79 Å². The molecule has 4 heterocycles. The van der Waals surface area contributed by atoms with Crippen LogP contribution in [0.4, 0.5) is 0 Å². The van der Waals surface area contributed by atoms with E-state index in [9.17, 15) is 9.59 Å². The second kappa shape index (κ2) is 7.23. The summed E-state index contributed by atoms with van der Waals surface area (Å²) in [5.41, 5.74) is 3.32. The molecule has 0 spiro atoms. The topological polar surface area (TPSA) is 91.9 Å². The number of carbonyl (C=O) groups excluding carboxylic acids is 1. The van der Waals surface area contributed by atoms with Crippen molar-refractivity contribution in [2.45, 2.75) is 18.9 Å². The number of rotatable bonds is 2. The van der Waals surface area contributed by atoms with Crippen LogP contribution in [0.25, 0.3) is 11.1 Å². The van der Waals surface area contributed by atoms with Crippen LogP contribution in [0.5, 0.6) is 0 Å². The van der Waals surface area contributed by atoms with Gasteiger partial charge in [0.25, 0.3) is 11.5 Å². The summed E-state index contributed by atoms with van der Waals surface area (Å²) < 4.78 is 1.86. The van der Waals surface area contributed by atoms with Gasteiger partial charge in [0.15, 0.2) is 0 Å². The third-order valence-corrected chi connectivity index (χ3v) is 6.00. The number of nitriles is 1. The van der Waals surface area contributed by atoms with Gasteiger partial charge in [-0.05, 0) is 42.2 Å². The minimum atomic E-state index is -0.0639. The first-order valence-corrected chi connectivity index (χ1v) is 9.92. The Balaban J connectivity index is 1.48. The molecule has 2 aliphatic rings. The minimum absolute atomic E-state index is 0.0338. The number of carbonyl (C=O) groups is 1. The van der Waals surface area contributed by atoms with Gasteiger partial charge >= 0.3 is 0 Å². The van der Waals surface area contributed by atoms with Gasteiger partial charge in [0.2, 0.25) is 0 Å². The Morgan fingerprint density at radius 3 is 2.73 bits per heavy atom. The molecule has 7 heteroatoms. The van der Waals surface area contributed by atoms with E-state index in [1.54, 1.807) is 30.6 Å². The third-order valence-electron chi connectivity index (χ3n) is 6.00. The largest absolute Gasteiger partial charge is 0.338 e. The van der Waals surface area contributed by atoms with Crippen molar-refractivity contribution in [2.75, 3.05) is 13.1 Å². The fraction of sp³-hybridized carbons (Fsp3) is 0.261. The average Bonchev–Trinajstić information content (AvgIpc) is 2.80. The summed E-state index contributed by atoms with van der Waals surface area (Å²) >= 11 is 0. The van der Waals surface area contributed by atoms with E-state index in [2.05, 4.69) is 16.0 Å². The van der Waals surface area contributed by atoms with Crippen LogP contribution in [-0.2, 0) is 6.54 Å². The van der Waals surface area contributed by atoms with Gasteiger partial charge in [-0.3, -0.25) is 9.59 Å². The van der Waals surface area contributed by atoms with Gasteiger partial charge < -0.3 is 9.47 Å². The van der Waals surface area contributed by atoms with Crippen LogP contribution in [0, 0.1) is 17.2 Å². The normalized spacial score (nSPS) is 19.6. The van der Waals surface area contributed by atoms with Crippen LogP contribution in [0.2, 0.25) is 0 Å². The number of amides is 1. The first-order chi connectivity index (χ1) is 14.6. The van der Waals surface area contributed by atoms with Crippen molar-refractivity contribution in [1.29, 1.82) is 5.26 Å². The lowest BCUT2D eigenvalue weighted by Gasteiger charge is -2.42. The molecule has 5 rings (SSSR count). The maximum Gasteiger partial charge on any atom is 0.258 e. The predicted molar refractivity (Wildman–Crippen MR) is 110 cm³/mol. The Morgan fingerprint density at radius 2 is 1.93 bits per heavy atom. The molecule has 0 saturated carbocycles. The molecule has 1 aromatic carbocycles. The van der Waals surface area contributed by atoms with Crippen molar-refractivity contribution in [2.24, 2.45) is 5.92 Å². The first-order valence-electron chi connectivity index (χ1n) is 9.92. The Hall–Kier alpha value is -3.79. The van der Waals surface area contributed by atoms with Crippen LogP contribution in [0.15, 0.2) is 59.9 Å². The molecule has 1 fully saturated rings. The molecule has 30 heavy (non-hydrogen) atoms. The lowest BCUT2D eigenvalue weighted by molar-refractivity contribution is 0.0594. The third kappa shape index (κ3) is 3.07. The first kappa shape index (κ1) is 18.3. The summed E-state index contributed by atoms with van der Waals surface area (Å²) in [4.78, 5) is 35.9. The number of fused-ring (bicyclic) bond motifs is 4. The summed E-state index contributed by atoms with van der Waals surface area (Å²) in [6, 6.07) is 13.1. The molecule has 2 aliphatic heterocycles. The highest BCUT2D eigenvalue weighted by atomic mass is 16.2. The van der Waals surface area contributed by atoms with Gasteiger partial charge in [-0.15, -0.1) is 0 Å². The van der Waals surface area contributed by atoms with Gasteiger partial charge in [0.1, 0.15) is 6.33 Å². The highest BCUT2D eigenvalue weighted by molar-refractivity contribution is 5.93. The molecule has 1 saturated heterocycles. The number of nitrogens with zero attached hydrogens (tertiary/aromatic N) is 5. The van der Waals surface area contributed by atoms with Gasteiger partial charge in [0, 0.05) is 49.2 Å². The smallest absolute Gasteiger partial charge is 0.258 e. The maximum atomic E-state index is 13.3. The lowest BCUT2D eigenvalue weighted by atomic mass is 9.82. The number of piperidine rings is 1. The van der Waals surface area contributed by atoms with E-state index in [1.807, 2.05) is 27.7 Å². The molecule has 3 aromatic rings. The fourth-order valence-electron chi connectivity index (χ4n) is 4.68. The van der Waals surface area contributed by atoms with E-state index in [4.69, 9.17) is 5.26 Å². The Kier molecular flexibility index (Phi) is 4.40. The van der Waals surface area contributed by atoms with Crippen LogP contribution >= 0.6 is 0 Å². The highest BCUT2D eigenvalue weighted by Crippen LogP contribution is 2.36.